The Morgan fingerprint density at radius 1 is 1.18 bits per heavy atom. The van der Waals surface area contributed by atoms with Crippen molar-refractivity contribution in [3.05, 3.63) is 54.4 Å². The maximum Gasteiger partial charge on any atom is 0.287 e. The molecule has 3 aromatic rings. The van der Waals surface area contributed by atoms with Gasteiger partial charge in [0.1, 0.15) is 5.76 Å². The Labute approximate surface area is 168 Å². The van der Waals surface area contributed by atoms with Crippen LogP contribution in [0.15, 0.2) is 53.1 Å². The highest BCUT2D eigenvalue weighted by atomic mass is 32.1. The van der Waals surface area contributed by atoms with E-state index >= 15 is 0 Å². The molecule has 0 radical (unpaired) electrons. The molecule has 3 saturated heterocycles. The third-order valence-corrected chi connectivity index (χ3v) is 6.97. The number of furan rings is 1. The van der Waals surface area contributed by atoms with Gasteiger partial charge in [0, 0.05) is 23.8 Å². The van der Waals surface area contributed by atoms with E-state index in [4.69, 9.17) is 4.42 Å². The quantitative estimate of drug-likeness (QED) is 0.719. The van der Waals surface area contributed by atoms with E-state index in [0.29, 0.717) is 23.5 Å². The monoisotopic (exact) mass is 393 g/mol. The normalized spacial score (nSPS) is 26.3. The van der Waals surface area contributed by atoms with Crippen molar-refractivity contribution in [2.45, 2.75) is 31.8 Å². The molecule has 144 valence electrons. The minimum absolute atomic E-state index is 0.115. The second kappa shape index (κ2) is 7.18. The largest absolute Gasteiger partial charge is 0.451 e. The van der Waals surface area contributed by atoms with Gasteiger partial charge >= 0.3 is 0 Å². The Bertz CT molecular complexity index is 971. The highest BCUT2D eigenvalue weighted by Crippen LogP contribution is 2.33. The number of carbonyl (C=O) groups is 1. The van der Waals surface area contributed by atoms with Crippen molar-refractivity contribution < 1.29 is 9.21 Å². The highest BCUT2D eigenvalue weighted by Gasteiger charge is 2.40. The fraction of sp³-hybridized carbons (Fsp3) is 0.364. The van der Waals surface area contributed by atoms with Gasteiger partial charge in [-0.25, -0.2) is 4.37 Å². The Hall–Kier alpha value is -2.44. The van der Waals surface area contributed by atoms with Crippen molar-refractivity contribution in [2.75, 3.05) is 13.1 Å². The predicted octanol–water partition coefficient (Wildman–Crippen LogP) is 4.28. The number of hydrogen-bond acceptors (Lipinski definition) is 5. The van der Waals surface area contributed by atoms with Gasteiger partial charge in [-0.1, -0.05) is 18.2 Å². The van der Waals surface area contributed by atoms with E-state index in [-0.39, 0.29) is 11.9 Å². The Morgan fingerprint density at radius 2 is 2.00 bits per heavy atom. The molecular formula is C22H23N3O2S. The van der Waals surface area contributed by atoms with Crippen molar-refractivity contribution in [1.29, 1.82) is 0 Å². The molecule has 2 aromatic heterocycles. The second-order valence-electron chi connectivity index (χ2n) is 7.73. The number of aromatic nitrogens is 1. The number of benzene rings is 1. The summed E-state index contributed by atoms with van der Waals surface area (Å²) in [4.78, 5) is 16.4. The lowest BCUT2D eigenvalue weighted by Gasteiger charge is -2.49. The summed E-state index contributed by atoms with van der Waals surface area (Å²) < 4.78 is 10.1. The van der Waals surface area contributed by atoms with Crippen LogP contribution in [0.1, 0.15) is 30.3 Å². The van der Waals surface area contributed by atoms with Crippen LogP contribution in [0.5, 0.6) is 0 Å². The van der Waals surface area contributed by atoms with Crippen LogP contribution in [0.25, 0.3) is 21.8 Å². The van der Waals surface area contributed by atoms with Gasteiger partial charge in [0.05, 0.1) is 4.88 Å². The fourth-order valence-corrected chi connectivity index (χ4v) is 5.16. The minimum atomic E-state index is -0.115. The van der Waals surface area contributed by atoms with E-state index < -0.39 is 0 Å². The van der Waals surface area contributed by atoms with E-state index in [1.54, 1.807) is 12.3 Å². The van der Waals surface area contributed by atoms with Gasteiger partial charge in [0.15, 0.2) is 5.76 Å². The number of amides is 1. The fourth-order valence-electron chi connectivity index (χ4n) is 4.57. The van der Waals surface area contributed by atoms with Crippen LogP contribution in [-0.2, 0) is 0 Å². The number of nitrogens with one attached hydrogen (secondary N) is 1. The summed E-state index contributed by atoms with van der Waals surface area (Å²) in [5, 5.41) is 3.23. The molecule has 0 spiro atoms. The standard InChI is InChI=1S/C22H23N3O2S/c1-14-21(15-8-11-25(14)12-9-15)24-22(26)19-6-5-18(27-19)16-3-2-4-17(13-16)20-7-10-23-28-20/h2-7,10,13-15,21H,8-9,11-12H2,1H3,(H,24,26). The zero-order valence-corrected chi connectivity index (χ0v) is 16.6. The molecule has 2 bridgehead atoms. The van der Waals surface area contributed by atoms with Crippen LogP contribution in [0.4, 0.5) is 0 Å². The van der Waals surface area contributed by atoms with Gasteiger partial charge in [-0.05, 0) is 80.1 Å². The molecule has 1 N–H and O–H groups in total. The summed E-state index contributed by atoms with van der Waals surface area (Å²) in [7, 11) is 0. The molecule has 3 aliphatic heterocycles. The molecule has 2 unspecified atom stereocenters. The molecule has 2 atom stereocenters. The van der Waals surface area contributed by atoms with Gasteiger partial charge in [-0.15, -0.1) is 0 Å². The number of rotatable bonds is 4. The van der Waals surface area contributed by atoms with E-state index in [1.165, 1.54) is 24.4 Å². The maximum absolute atomic E-state index is 12.8. The SMILES string of the molecule is CC1C(NC(=O)c2ccc(-c3cccc(-c4ccns4)c3)o2)C2CCN1CC2. The van der Waals surface area contributed by atoms with Crippen molar-refractivity contribution in [2.24, 2.45) is 5.92 Å². The lowest BCUT2D eigenvalue weighted by atomic mass is 9.79. The Morgan fingerprint density at radius 3 is 2.75 bits per heavy atom. The average molecular weight is 394 g/mol. The predicted molar refractivity (Wildman–Crippen MR) is 110 cm³/mol. The minimum Gasteiger partial charge on any atom is -0.451 e. The maximum atomic E-state index is 12.8. The van der Waals surface area contributed by atoms with Gasteiger partial charge in [0.25, 0.3) is 5.91 Å². The molecular weight excluding hydrogens is 370 g/mol. The molecule has 6 rings (SSSR count). The topological polar surface area (TPSA) is 58.4 Å². The lowest BCUT2D eigenvalue weighted by Crippen LogP contribution is -2.62. The number of fused-ring (bicyclic) bond motifs is 3. The first-order valence-corrected chi connectivity index (χ1v) is 10.6. The second-order valence-corrected chi connectivity index (χ2v) is 8.57. The summed E-state index contributed by atoms with van der Waals surface area (Å²) >= 11 is 1.47. The third kappa shape index (κ3) is 3.16. The number of hydrogen-bond donors (Lipinski definition) is 1. The first-order chi connectivity index (χ1) is 13.7. The number of piperidine rings is 3. The van der Waals surface area contributed by atoms with Crippen LogP contribution >= 0.6 is 11.5 Å². The van der Waals surface area contributed by atoms with Crippen LogP contribution in [0.3, 0.4) is 0 Å². The smallest absolute Gasteiger partial charge is 0.287 e. The van der Waals surface area contributed by atoms with Gasteiger partial charge < -0.3 is 9.73 Å². The van der Waals surface area contributed by atoms with Crippen molar-refractivity contribution in [1.82, 2.24) is 14.6 Å². The average Bonchev–Trinajstić information content (AvgIpc) is 3.43. The lowest BCUT2D eigenvalue weighted by molar-refractivity contribution is 0.0211. The molecule has 1 aromatic carbocycles. The van der Waals surface area contributed by atoms with Crippen molar-refractivity contribution in [3.8, 4) is 21.8 Å². The molecule has 3 fully saturated rings. The first-order valence-electron chi connectivity index (χ1n) is 9.85. The van der Waals surface area contributed by atoms with Crippen molar-refractivity contribution in [3.63, 3.8) is 0 Å². The molecule has 1 amide bonds. The molecule has 5 nitrogen and oxygen atoms in total. The van der Waals surface area contributed by atoms with Gasteiger partial charge in [-0.3, -0.25) is 9.69 Å². The summed E-state index contributed by atoms with van der Waals surface area (Å²) in [6, 6.07) is 14.4. The molecule has 5 heterocycles. The van der Waals surface area contributed by atoms with Gasteiger partial charge in [0.2, 0.25) is 0 Å². The van der Waals surface area contributed by atoms with Crippen LogP contribution in [0.2, 0.25) is 0 Å². The van der Waals surface area contributed by atoms with E-state index in [0.717, 1.165) is 29.1 Å². The Kier molecular flexibility index (Phi) is 4.53. The number of nitrogens with zero attached hydrogens (tertiary/aromatic N) is 2. The Balaban J connectivity index is 1.34. The van der Waals surface area contributed by atoms with Gasteiger partial charge in [-0.2, -0.15) is 0 Å². The molecule has 28 heavy (non-hydrogen) atoms. The molecule has 0 saturated carbocycles. The molecule has 3 aliphatic rings. The third-order valence-electron chi connectivity index (χ3n) is 6.17. The van der Waals surface area contributed by atoms with E-state index in [9.17, 15) is 4.79 Å². The molecule has 0 aliphatic carbocycles. The van der Waals surface area contributed by atoms with E-state index in [1.807, 2.05) is 24.3 Å². The van der Waals surface area contributed by atoms with E-state index in [2.05, 4.69) is 33.6 Å². The van der Waals surface area contributed by atoms with Crippen molar-refractivity contribution >= 4 is 17.4 Å². The summed E-state index contributed by atoms with van der Waals surface area (Å²) in [6.45, 7) is 4.52. The summed E-state index contributed by atoms with van der Waals surface area (Å²) in [6.07, 6.45) is 4.14. The summed E-state index contributed by atoms with van der Waals surface area (Å²) in [5.41, 5.74) is 2.06. The number of carbonyl (C=O) groups excluding carboxylic acids is 1. The van der Waals surface area contributed by atoms with Crippen LogP contribution in [0, 0.1) is 5.92 Å². The zero-order valence-electron chi connectivity index (χ0n) is 15.8. The highest BCUT2D eigenvalue weighted by molar-refractivity contribution is 7.09. The zero-order chi connectivity index (χ0) is 19.1. The summed E-state index contributed by atoms with van der Waals surface area (Å²) in [5.74, 6) is 1.55. The first kappa shape index (κ1) is 17.6. The van der Waals surface area contributed by atoms with Crippen LogP contribution < -0.4 is 5.32 Å². The van der Waals surface area contributed by atoms with Crippen LogP contribution in [-0.4, -0.2) is 40.4 Å². The molecule has 6 heteroatoms.